The quantitative estimate of drug-likeness (QED) is 0.699. The first kappa shape index (κ1) is 13.6. The molecule has 1 aromatic carbocycles. The third-order valence-electron chi connectivity index (χ3n) is 3.20. The van der Waals surface area contributed by atoms with E-state index in [-0.39, 0.29) is 17.9 Å². The van der Waals surface area contributed by atoms with Crippen LogP contribution in [0.2, 0.25) is 0 Å². The van der Waals surface area contributed by atoms with Gasteiger partial charge in [0.15, 0.2) is 5.78 Å². The number of halogens is 1. The molecule has 21 heavy (non-hydrogen) atoms. The van der Waals surface area contributed by atoms with Crippen LogP contribution in [0.3, 0.4) is 0 Å². The molecule has 2 heterocycles. The van der Waals surface area contributed by atoms with E-state index < -0.39 is 5.82 Å². The molecule has 6 heteroatoms. The van der Waals surface area contributed by atoms with Crippen LogP contribution < -0.4 is 5.56 Å². The fraction of sp³-hybridized carbons (Fsp3) is 0.133. The topological polar surface area (TPSA) is 52.0 Å². The minimum Gasteiger partial charge on any atom is -0.292 e. The molecule has 0 atom stereocenters. The molecule has 0 saturated heterocycles. The molecule has 0 spiro atoms. The van der Waals surface area contributed by atoms with Crippen molar-refractivity contribution in [2.24, 2.45) is 0 Å². The van der Waals surface area contributed by atoms with E-state index in [0.717, 1.165) is 5.56 Å². The predicted molar refractivity (Wildman–Crippen MR) is 79.3 cm³/mol. The van der Waals surface area contributed by atoms with E-state index in [1.54, 1.807) is 0 Å². The van der Waals surface area contributed by atoms with Crippen molar-refractivity contribution in [1.82, 2.24) is 9.55 Å². The van der Waals surface area contributed by atoms with Gasteiger partial charge in [0.2, 0.25) is 0 Å². The fourth-order valence-electron chi connectivity index (χ4n) is 2.05. The summed E-state index contributed by atoms with van der Waals surface area (Å²) in [6.45, 7) is 1.78. The highest BCUT2D eigenvalue weighted by Crippen LogP contribution is 2.19. The van der Waals surface area contributed by atoms with E-state index in [0.29, 0.717) is 15.8 Å². The summed E-state index contributed by atoms with van der Waals surface area (Å²) >= 11 is 1.32. The number of thiophene rings is 1. The van der Waals surface area contributed by atoms with Crippen LogP contribution in [-0.2, 0) is 6.54 Å². The molecule has 3 rings (SSSR count). The molecule has 0 saturated carbocycles. The Morgan fingerprint density at radius 1 is 1.33 bits per heavy atom. The summed E-state index contributed by atoms with van der Waals surface area (Å²) < 4.78 is 14.7. The number of carbonyl (C=O) groups is 1. The van der Waals surface area contributed by atoms with Crippen molar-refractivity contribution in [2.45, 2.75) is 13.5 Å². The van der Waals surface area contributed by atoms with Crippen LogP contribution in [0.25, 0.3) is 10.2 Å². The SMILES string of the molecule is Cc1csc2c(=O)n(CC(=O)c3ccc(F)cc3)cnc12. The van der Waals surface area contributed by atoms with Crippen molar-refractivity contribution < 1.29 is 9.18 Å². The first-order chi connectivity index (χ1) is 10.1. The number of hydrogen-bond acceptors (Lipinski definition) is 4. The third-order valence-corrected chi connectivity index (χ3v) is 4.28. The van der Waals surface area contributed by atoms with Crippen molar-refractivity contribution in [3.05, 3.63) is 63.3 Å². The zero-order valence-electron chi connectivity index (χ0n) is 11.2. The second kappa shape index (κ2) is 5.21. The lowest BCUT2D eigenvalue weighted by atomic mass is 10.1. The summed E-state index contributed by atoms with van der Waals surface area (Å²) in [5.41, 5.74) is 1.76. The summed E-state index contributed by atoms with van der Waals surface area (Å²) in [4.78, 5) is 28.6. The number of Topliss-reactive ketones (excluding diaryl/α,β-unsaturated/α-hetero) is 1. The van der Waals surface area contributed by atoms with Gasteiger partial charge in [-0.1, -0.05) is 0 Å². The predicted octanol–water partition coefficient (Wildman–Crippen LogP) is 2.79. The normalized spacial score (nSPS) is 11.0. The van der Waals surface area contributed by atoms with Crippen molar-refractivity contribution in [3.63, 3.8) is 0 Å². The fourth-order valence-corrected chi connectivity index (χ4v) is 3.00. The zero-order chi connectivity index (χ0) is 15.0. The highest BCUT2D eigenvalue weighted by atomic mass is 32.1. The monoisotopic (exact) mass is 302 g/mol. The van der Waals surface area contributed by atoms with Crippen LogP contribution in [0.15, 0.2) is 40.8 Å². The summed E-state index contributed by atoms with van der Waals surface area (Å²) in [5.74, 6) is -0.660. The van der Waals surface area contributed by atoms with Crippen molar-refractivity contribution in [3.8, 4) is 0 Å². The summed E-state index contributed by atoms with van der Waals surface area (Å²) in [7, 11) is 0. The Morgan fingerprint density at radius 2 is 2.05 bits per heavy atom. The molecule has 0 fully saturated rings. The number of aromatic nitrogens is 2. The average molecular weight is 302 g/mol. The van der Waals surface area contributed by atoms with Gasteiger partial charge in [0.25, 0.3) is 5.56 Å². The first-order valence-corrected chi connectivity index (χ1v) is 7.16. The van der Waals surface area contributed by atoms with E-state index >= 15 is 0 Å². The second-order valence-electron chi connectivity index (χ2n) is 4.70. The zero-order valence-corrected chi connectivity index (χ0v) is 12.0. The second-order valence-corrected chi connectivity index (χ2v) is 5.58. The molecule has 0 aliphatic carbocycles. The van der Waals surface area contributed by atoms with Crippen LogP contribution >= 0.6 is 11.3 Å². The van der Waals surface area contributed by atoms with E-state index in [4.69, 9.17) is 0 Å². The molecule has 4 nitrogen and oxygen atoms in total. The van der Waals surface area contributed by atoms with Gasteiger partial charge in [-0.2, -0.15) is 0 Å². The highest BCUT2D eigenvalue weighted by Gasteiger charge is 2.12. The van der Waals surface area contributed by atoms with Gasteiger partial charge >= 0.3 is 0 Å². The van der Waals surface area contributed by atoms with Crippen LogP contribution in [0.5, 0.6) is 0 Å². The first-order valence-electron chi connectivity index (χ1n) is 6.28. The van der Waals surface area contributed by atoms with Gasteiger partial charge in [-0.15, -0.1) is 11.3 Å². The van der Waals surface area contributed by atoms with Crippen molar-refractivity contribution >= 4 is 27.3 Å². The van der Waals surface area contributed by atoms with Gasteiger partial charge in [0.05, 0.1) is 18.4 Å². The Kier molecular flexibility index (Phi) is 3.39. The van der Waals surface area contributed by atoms with Gasteiger partial charge in [0.1, 0.15) is 10.5 Å². The van der Waals surface area contributed by atoms with E-state index in [9.17, 15) is 14.0 Å². The van der Waals surface area contributed by atoms with Gasteiger partial charge in [-0.05, 0) is 42.1 Å². The summed E-state index contributed by atoms with van der Waals surface area (Å²) in [6, 6.07) is 5.26. The number of nitrogens with zero attached hydrogens (tertiary/aromatic N) is 2. The average Bonchev–Trinajstić information content (AvgIpc) is 2.85. The standard InChI is InChI=1S/C15H11FN2O2S/c1-9-7-21-14-13(9)17-8-18(15(14)20)6-12(19)10-2-4-11(16)5-3-10/h2-5,7-8H,6H2,1H3. The molecule has 0 N–H and O–H groups in total. The molecule has 0 radical (unpaired) electrons. The maximum absolute atomic E-state index is 12.8. The summed E-state index contributed by atoms with van der Waals surface area (Å²) in [5, 5.41) is 1.87. The minimum absolute atomic E-state index is 0.107. The Labute approximate surface area is 123 Å². The molecule has 0 amide bonds. The molecule has 0 bridgehead atoms. The van der Waals surface area contributed by atoms with Crippen molar-refractivity contribution in [1.29, 1.82) is 0 Å². The molecule has 106 valence electrons. The number of fused-ring (bicyclic) bond motifs is 1. The van der Waals surface area contributed by atoms with Crippen LogP contribution in [0, 0.1) is 12.7 Å². The Bertz CT molecular complexity index is 881. The Morgan fingerprint density at radius 3 is 2.76 bits per heavy atom. The molecular weight excluding hydrogens is 291 g/mol. The summed E-state index contributed by atoms with van der Waals surface area (Å²) in [6.07, 6.45) is 1.38. The van der Waals surface area contributed by atoms with Crippen molar-refractivity contribution in [2.75, 3.05) is 0 Å². The molecule has 2 aromatic heterocycles. The largest absolute Gasteiger partial charge is 0.292 e. The smallest absolute Gasteiger partial charge is 0.271 e. The van der Waals surface area contributed by atoms with Gasteiger partial charge in [-0.3, -0.25) is 14.2 Å². The molecule has 0 aliphatic rings. The van der Waals surface area contributed by atoms with E-state index in [1.807, 2.05) is 12.3 Å². The maximum Gasteiger partial charge on any atom is 0.271 e. The van der Waals surface area contributed by atoms with Crippen LogP contribution in [-0.4, -0.2) is 15.3 Å². The third kappa shape index (κ3) is 2.50. The molecule has 3 aromatic rings. The lowest BCUT2D eigenvalue weighted by molar-refractivity contribution is 0.0970. The molecular formula is C15H11FN2O2S. The maximum atomic E-state index is 12.8. The lowest BCUT2D eigenvalue weighted by Crippen LogP contribution is -2.24. The number of benzene rings is 1. The number of ketones is 1. The van der Waals surface area contributed by atoms with Crippen LogP contribution in [0.1, 0.15) is 15.9 Å². The number of rotatable bonds is 3. The number of aryl methyl sites for hydroxylation is 1. The lowest BCUT2D eigenvalue weighted by Gasteiger charge is -2.05. The highest BCUT2D eigenvalue weighted by molar-refractivity contribution is 7.17. The minimum atomic E-state index is -0.402. The van der Waals surface area contributed by atoms with Gasteiger partial charge in [-0.25, -0.2) is 9.37 Å². The Hall–Kier alpha value is -2.34. The van der Waals surface area contributed by atoms with Gasteiger partial charge < -0.3 is 0 Å². The van der Waals surface area contributed by atoms with E-state index in [2.05, 4.69) is 4.98 Å². The molecule has 0 unspecified atom stereocenters. The van der Waals surface area contributed by atoms with E-state index in [1.165, 1.54) is 46.5 Å². The van der Waals surface area contributed by atoms with Gasteiger partial charge in [0, 0.05) is 5.56 Å². The number of hydrogen-bond donors (Lipinski definition) is 0. The Balaban J connectivity index is 1.94. The van der Waals surface area contributed by atoms with Crippen LogP contribution in [0.4, 0.5) is 4.39 Å². The number of carbonyl (C=O) groups excluding carboxylic acids is 1. The molecule has 0 aliphatic heterocycles.